The third-order valence-electron chi connectivity index (χ3n) is 1.41. The molecule has 56 valence electrons. The maximum absolute atomic E-state index is 5.25. The van der Waals surface area contributed by atoms with Crippen molar-refractivity contribution in [2.45, 2.75) is 13.5 Å². The van der Waals surface area contributed by atoms with E-state index < -0.39 is 0 Å². The van der Waals surface area contributed by atoms with Crippen molar-refractivity contribution in [1.82, 2.24) is 0 Å². The van der Waals surface area contributed by atoms with Crippen LogP contribution in [0.25, 0.3) is 0 Å². The van der Waals surface area contributed by atoms with Crippen LogP contribution in [0.2, 0.25) is 0 Å². The maximum Gasteiger partial charge on any atom is 0.228 e. The number of hydrogen-bond donors (Lipinski definition) is 0. The van der Waals surface area contributed by atoms with Gasteiger partial charge in [0.25, 0.3) is 0 Å². The van der Waals surface area contributed by atoms with E-state index in [0.717, 1.165) is 11.5 Å². The predicted octanol–water partition coefficient (Wildman–Crippen LogP) is 0.559. The number of aromatic nitrogens is 1. The van der Waals surface area contributed by atoms with Gasteiger partial charge in [-0.05, 0) is 4.74 Å². The molecular weight excluding hydrogens is 130 g/mol. The van der Waals surface area contributed by atoms with Crippen LogP contribution in [0.4, 0.5) is 0 Å². The van der Waals surface area contributed by atoms with Crippen LogP contribution in [0.3, 0.4) is 0 Å². The summed E-state index contributed by atoms with van der Waals surface area (Å²) in [5.41, 5.74) is 1.10. The maximum atomic E-state index is 5.25. The highest BCUT2D eigenvalue weighted by molar-refractivity contribution is 4.97. The molecule has 0 fully saturated rings. The lowest BCUT2D eigenvalue weighted by Gasteiger charge is -1.85. The second-order valence-electron chi connectivity index (χ2n) is 2.27. The Bertz CT molecular complexity index is 198. The van der Waals surface area contributed by atoms with Crippen molar-refractivity contribution in [1.29, 1.82) is 0 Å². The first-order valence-electron chi connectivity index (χ1n) is 3.19. The zero-order valence-electron chi connectivity index (χ0n) is 6.55. The highest BCUT2D eigenvalue weighted by atomic mass is 16.5. The molecule has 3 heteroatoms. The number of methoxy groups -OCH3 is 1. The third kappa shape index (κ3) is 1.36. The second kappa shape index (κ2) is 2.84. The molecule has 3 nitrogen and oxygen atoms in total. The van der Waals surface area contributed by atoms with E-state index >= 15 is 0 Å². The van der Waals surface area contributed by atoms with E-state index in [1.54, 1.807) is 11.8 Å². The molecule has 0 saturated carbocycles. The summed E-state index contributed by atoms with van der Waals surface area (Å²) in [6.07, 6.45) is 0. The third-order valence-corrected chi connectivity index (χ3v) is 1.41. The molecule has 0 aliphatic rings. The Labute approximate surface area is 60.2 Å². The molecule has 0 N–H and O–H groups in total. The van der Waals surface area contributed by atoms with Crippen molar-refractivity contribution < 1.29 is 14.0 Å². The van der Waals surface area contributed by atoms with Gasteiger partial charge in [0.2, 0.25) is 11.5 Å². The molecule has 1 rings (SSSR count). The standard InChI is InChI=1S/C7H12NO2/c1-6-4-7(5-9-3)10-8(6)2/h4H,5H2,1-3H3/q+1. The fourth-order valence-electron chi connectivity index (χ4n) is 0.808. The highest BCUT2D eigenvalue weighted by Gasteiger charge is 2.09. The Morgan fingerprint density at radius 3 is 2.80 bits per heavy atom. The summed E-state index contributed by atoms with van der Waals surface area (Å²) in [6.45, 7) is 2.53. The van der Waals surface area contributed by atoms with Crippen molar-refractivity contribution in [2.24, 2.45) is 7.05 Å². The molecule has 1 aromatic rings. The molecule has 0 amide bonds. The van der Waals surface area contributed by atoms with Gasteiger partial charge >= 0.3 is 0 Å². The molecule has 0 unspecified atom stereocenters. The van der Waals surface area contributed by atoms with E-state index in [0.29, 0.717) is 6.61 Å². The minimum atomic E-state index is 0.543. The first-order valence-corrected chi connectivity index (χ1v) is 3.19. The Balaban J connectivity index is 2.77. The van der Waals surface area contributed by atoms with Crippen molar-refractivity contribution in [3.05, 3.63) is 17.5 Å². The summed E-state index contributed by atoms with van der Waals surface area (Å²) in [6, 6.07) is 1.96. The van der Waals surface area contributed by atoms with Gasteiger partial charge in [0.1, 0.15) is 6.61 Å². The van der Waals surface area contributed by atoms with Crippen LogP contribution >= 0.6 is 0 Å². The van der Waals surface area contributed by atoms with Crippen LogP contribution in [0.1, 0.15) is 11.5 Å². The van der Waals surface area contributed by atoms with Gasteiger partial charge in [0.15, 0.2) is 7.05 Å². The quantitative estimate of drug-likeness (QED) is 0.564. The van der Waals surface area contributed by atoms with Crippen molar-refractivity contribution >= 4 is 0 Å². The average Bonchev–Trinajstić information content (AvgIpc) is 2.14. The monoisotopic (exact) mass is 142 g/mol. The molecule has 10 heavy (non-hydrogen) atoms. The molecule has 0 aliphatic heterocycles. The van der Waals surface area contributed by atoms with E-state index in [1.165, 1.54) is 0 Å². The Morgan fingerprint density at radius 2 is 2.40 bits per heavy atom. The SMILES string of the molecule is COCc1cc(C)[n+](C)o1. The van der Waals surface area contributed by atoms with Crippen LogP contribution < -0.4 is 4.74 Å². The molecule has 0 aliphatic carbocycles. The minimum absolute atomic E-state index is 0.543. The van der Waals surface area contributed by atoms with Gasteiger partial charge in [-0.1, -0.05) is 0 Å². The van der Waals surface area contributed by atoms with Gasteiger partial charge in [-0.15, -0.1) is 0 Å². The Morgan fingerprint density at radius 1 is 1.70 bits per heavy atom. The van der Waals surface area contributed by atoms with Crippen LogP contribution in [0.15, 0.2) is 10.6 Å². The Hall–Kier alpha value is -0.830. The summed E-state index contributed by atoms with van der Waals surface area (Å²) in [4.78, 5) is 0. The van der Waals surface area contributed by atoms with Gasteiger partial charge < -0.3 is 4.74 Å². The average molecular weight is 142 g/mol. The summed E-state index contributed by atoms with van der Waals surface area (Å²) < 4.78 is 11.9. The first kappa shape index (κ1) is 7.28. The molecule has 0 atom stereocenters. The lowest BCUT2D eigenvalue weighted by atomic mass is 10.4. The van der Waals surface area contributed by atoms with E-state index in [-0.39, 0.29) is 0 Å². The first-order chi connectivity index (χ1) is 4.74. The van der Waals surface area contributed by atoms with E-state index in [9.17, 15) is 0 Å². The lowest BCUT2D eigenvalue weighted by molar-refractivity contribution is -0.850. The zero-order chi connectivity index (χ0) is 7.56. The van der Waals surface area contributed by atoms with Gasteiger partial charge in [-0.2, -0.15) is 0 Å². The number of aryl methyl sites for hydroxylation is 2. The molecule has 1 heterocycles. The minimum Gasteiger partial charge on any atom is -0.376 e. The van der Waals surface area contributed by atoms with Crippen LogP contribution in [0, 0.1) is 6.92 Å². The van der Waals surface area contributed by atoms with E-state index in [4.69, 9.17) is 9.26 Å². The van der Waals surface area contributed by atoms with Crippen LogP contribution in [-0.4, -0.2) is 7.11 Å². The van der Waals surface area contributed by atoms with E-state index in [1.807, 2.05) is 20.0 Å². The molecule has 1 aromatic heterocycles. The largest absolute Gasteiger partial charge is 0.376 e. The molecule has 0 saturated heterocycles. The van der Waals surface area contributed by atoms with Gasteiger partial charge in [0, 0.05) is 14.0 Å². The van der Waals surface area contributed by atoms with Gasteiger partial charge in [-0.25, -0.2) is 4.52 Å². The van der Waals surface area contributed by atoms with Crippen molar-refractivity contribution in [3.8, 4) is 0 Å². The topological polar surface area (TPSA) is 26.2 Å². The number of rotatable bonds is 2. The normalized spacial score (nSPS) is 10.3. The van der Waals surface area contributed by atoms with Crippen LogP contribution in [0.5, 0.6) is 0 Å². The molecule has 0 aromatic carbocycles. The smallest absolute Gasteiger partial charge is 0.228 e. The Kier molecular flexibility index (Phi) is 2.06. The summed E-state index contributed by atoms with van der Waals surface area (Å²) in [5, 5.41) is 0. The number of nitrogens with zero attached hydrogens (tertiary/aromatic N) is 1. The van der Waals surface area contributed by atoms with Crippen molar-refractivity contribution in [2.75, 3.05) is 7.11 Å². The van der Waals surface area contributed by atoms with E-state index in [2.05, 4.69) is 0 Å². The fourth-order valence-corrected chi connectivity index (χ4v) is 0.808. The van der Waals surface area contributed by atoms with Gasteiger partial charge in [0.05, 0.1) is 6.07 Å². The number of ether oxygens (including phenoxy) is 1. The molecular formula is C7H12NO2+. The van der Waals surface area contributed by atoms with Gasteiger partial charge in [-0.3, -0.25) is 0 Å². The second-order valence-corrected chi connectivity index (χ2v) is 2.27. The van der Waals surface area contributed by atoms with Crippen molar-refractivity contribution in [3.63, 3.8) is 0 Å². The summed E-state index contributed by atoms with van der Waals surface area (Å²) in [5.74, 6) is 0.863. The summed E-state index contributed by atoms with van der Waals surface area (Å²) in [7, 11) is 3.52. The lowest BCUT2D eigenvalue weighted by Crippen LogP contribution is -2.27. The molecule has 0 radical (unpaired) electrons. The molecule has 0 bridgehead atoms. The number of hydrogen-bond acceptors (Lipinski definition) is 2. The molecule has 0 spiro atoms. The van der Waals surface area contributed by atoms with Crippen LogP contribution in [-0.2, 0) is 18.4 Å². The zero-order valence-corrected chi connectivity index (χ0v) is 6.55. The highest BCUT2D eigenvalue weighted by Crippen LogP contribution is 2.00. The fraction of sp³-hybridized carbons (Fsp3) is 0.571. The predicted molar refractivity (Wildman–Crippen MR) is 35.3 cm³/mol. The summed E-state index contributed by atoms with van der Waals surface area (Å²) >= 11 is 0.